The smallest absolute Gasteiger partial charge is 0.429 e. The molecule has 3 aromatic carbocycles. The molecule has 0 radical (unpaired) electrons. The number of unbranched alkanes of at least 4 members (excludes halogenated alkanes) is 2. The Morgan fingerprint density at radius 2 is 1.44 bits per heavy atom. The number of nitrogens with zero attached hydrogens (tertiary/aromatic N) is 2. The second-order valence-electron chi connectivity index (χ2n) is 11.1. The molecule has 0 aliphatic heterocycles. The molecule has 0 N–H and O–H groups in total. The number of hydrogen-bond acceptors (Lipinski definition) is 3. The summed E-state index contributed by atoms with van der Waals surface area (Å²) in [5.74, 6) is -3.82. The molecule has 43 heavy (non-hydrogen) atoms. The summed E-state index contributed by atoms with van der Waals surface area (Å²) in [7, 11) is 0. The average molecular weight is 599 g/mol. The van der Waals surface area contributed by atoms with Crippen LogP contribution in [0.25, 0.3) is 22.5 Å². The van der Waals surface area contributed by atoms with Crippen LogP contribution in [0.15, 0.2) is 67.0 Å². The van der Waals surface area contributed by atoms with E-state index in [0.29, 0.717) is 29.4 Å². The zero-order valence-corrected chi connectivity index (χ0v) is 23.7. The Morgan fingerprint density at radius 3 is 2.09 bits per heavy atom. The number of rotatable bonds is 10. The first kappa shape index (κ1) is 30.6. The van der Waals surface area contributed by atoms with Crippen molar-refractivity contribution in [2.45, 2.75) is 70.3 Å². The lowest BCUT2D eigenvalue weighted by atomic mass is 9.77. The van der Waals surface area contributed by atoms with Crippen LogP contribution in [-0.2, 0) is 6.11 Å². The predicted octanol–water partition coefficient (Wildman–Crippen LogP) is 10.3. The molecule has 9 heteroatoms. The molecule has 1 fully saturated rings. The second kappa shape index (κ2) is 13.2. The monoisotopic (exact) mass is 598 g/mol. The molecule has 1 aromatic heterocycles. The van der Waals surface area contributed by atoms with E-state index >= 15 is 4.39 Å². The van der Waals surface area contributed by atoms with E-state index in [2.05, 4.69) is 21.6 Å². The minimum Gasteiger partial charge on any atom is -0.429 e. The van der Waals surface area contributed by atoms with Gasteiger partial charge in [-0.25, -0.2) is 27.5 Å². The van der Waals surface area contributed by atoms with Crippen LogP contribution in [0.5, 0.6) is 5.75 Å². The molecule has 1 aliphatic carbocycles. The van der Waals surface area contributed by atoms with Gasteiger partial charge >= 0.3 is 6.11 Å². The van der Waals surface area contributed by atoms with Crippen LogP contribution in [0.2, 0.25) is 0 Å². The molecular formula is C34H32F6N2O. The van der Waals surface area contributed by atoms with Gasteiger partial charge in [0.05, 0.1) is 5.56 Å². The van der Waals surface area contributed by atoms with Gasteiger partial charge in [0.2, 0.25) is 0 Å². The molecule has 1 aliphatic rings. The number of alkyl halides is 2. The first-order valence-corrected chi connectivity index (χ1v) is 14.6. The highest BCUT2D eigenvalue weighted by molar-refractivity contribution is 5.69. The standard InChI is InChI=1S/C34H32F6N2O/c1-2-3-4-5-21-6-8-22(9-7-21)25-19-41-33(42-20-25)24-10-13-27(30(36)17-24)23-11-14-28(31(37)16-23)34(39,40)43-26-12-15-29(35)32(38)18-26/h10-22H,2-9H2,1H3. The topological polar surface area (TPSA) is 35.0 Å². The number of ether oxygens (including phenoxy) is 1. The van der Waals surface area contributed by atoms with E-state index in [1.165, 1.54) is 50.7 Å². The fraction of sp³-hybridized carbons (Fsp3) is 0.353. The molecule has 3 nitrogen and oxygen atoms in total. The highest BCUT2D eigenvalue weighted by Crippen LogP contribution is 2.38. The molecule has 1 heterocycles. The van der Waals surface area contributed by atoms with E-state index in [-0.39, 0.29) is 11.1 Å². The molecule has 0 amide bonds. The third-order valence-corrected chi connectivity index (χ3v) is 8.16. The quantitative estimate of drug-likeness (QED) is 0.135. The zero-order valence-electron chi connectivity index (χ0n) is 23.7. The van der Waals surface area contributed by atoms with Gasteiger partial charge in [0.15, 0.2) is 17.5 Å². The van der Waals surface area contributed by atoms with Gasteiger partial charge in [0, 0.05) is 29.6 Å². The Kier molecular flexibility index (Phi) is 9.37. The molecule has 1 saturated carbocycles. The first-order chi connectivity index (χ1) is 20.6. The van der Waals surface area contributed by atoms with Gasteiger partial charge in [-0.1, -0.05) is 50.8 Å². The molecule has 5 rings (SSSR count). The highest BCUT2D eigenvalue weighted by atomic mass is 19.3. The summed E-state index contributed by atoms with van der Waals surface area (Å²) in [6, 6.07) is 8.72. The minimum atomic E-state index is -4.20. The minimum absolute atomic E-state index is 0.00800. The lowest BCUT2D eigenvalue weighted by molar-refractivity contribution is -0.187. The van der Waals surface area contributed by atoms with Crippen LogP contribution in [0.1, 0.15) is 75.3 Å². The van der Waals surface area contributed by atoms with E-state index in [1.807, 2.05) is 0 Å². The SMILES string of the molecule is CCCCCC1CCC(c2cnc(-c3ccc(-c4ccc(C(F)(F)Oc5ccc(F)c(F)c5)c(F)c4)c(F)c3)nc2)CC1. The molecule has 4 aromatic rings. The Balaban J connectivity index is 1.26. The van der Waals surface area contributed by atoms with Crippen LogP contribution in [0.4, 0.5) is 26.3 Å². The molecule has 226 valence electrons. The second-order valence-corrected chi connectivity index (χ2v) is 11.1. The summed E-state index contributed by atoms with van der Waals surface area (Å²) in [6.45, 7) is 2.22. The van der Waals surface area contributed by atoms with Crippen molar-refractivity contribution >= 4 is 0 Å². The molecule has 0 spiro atoms. The predicted molar refractivity (Wildman–Crippen MR) is 153 cm³/mol. The van der Waals surface area contributed by atoms with Crippen molar-refractivity contribution in [1.82, 2.24) is 9.97 Å². The summed E-state index contributed by atoms with van der Waals surface area (Å²) in [5, 5.41) is 0. The van der Waals surface area contributed by atoms with Crippen LogP contribution in [0.3, 0.4) is 0 Å². The molecule has 0 saturated heterocycles. The number of aromatic nitrogens is 2. The maximum atomic E-state index is 15.1. The molecule has 0 unspecified atom stereocenters. The van der Waals surface area contributed by atoms with Crippen LogP contribution in [-0.4, -0.2) is 9.97 Å². The number of benzene rings is 3. The van der Waals surface area contributed by atoms with Gasteiger partial charge in [-0.15, -0.1) is 0 Å². The van der Waals surface area contributed by atoms with E-state index in [0.717, 1.165) is 48.6 Å². The van der Waals surface area contributed by atoms with Gasteiger partial charge in [-0.3, -0.25) is 0 Å². The maximum Gasteiger partial charge on any atom is 0.429 e. The Morgan fingerprint density at radius 1 is 0.744 bits per heavy atom. The third kappa shape index (κ3) is 7.20. The Bertz CT molecular complexity index is 1550. The van der Waals surface area contributed by atoms with Crippen LogP contribution < -0.4 is 4.74 Å². The van der Waals surface area contributed by atoms with Crippen LogP contribution in [0, 0.1) is 29.2 Å². The zero-order chi connectivity index (χ0) is 30.6. The summed E-state index contributed by atoms with van der Waals surface area (Å²) in [5.41, 5.74) is 0.378. The third-order valence-electron chi connectivity index (χ3n) is 8.16. The summed E-state index contributed by atoms with van der Waals surface area (Å²) < 4.78 is 90.2. The summed E-state index contributed by atoms with van der Waals surface area (Å²) in [4.78, 5) is 8.93. The van der Waals surface area contributed by atoms with Gasteiger partial charge in [-0.2, -0.15) is 8.78 Å². The maximum absolute atomic E-state index is 15.1. The number of hydrogen-bond donors (Lipinski definition) is 0. The van der Waals surface area contributed by atoms with Crippen molar-refractivity contribution in [2.75, 3.05) is 0 Å². The van der Waals surface area contributed by atoms with E-state index in [9.17, 15) is 22.0 Å². The van der Waals surface area contributed by atoms with Crippen molar-refractivity contribution in [1.29, 1.82) is 0 Å². The van der Waals surface area contributed by atoms with Crippen molar-refractivity contribution in [3.63, 3.8) is 0 Å². The fourth-order valence-corrected chi connectivity index (χ4v) is 5.72. The Hall–Kier alpha value is -3.88. The molecule has 0 atom stereocenters. The van der Waals surface area contributed by atoms with Crippen LogP contribution >= 0.6 is 0 Å². The normalized spacial score (nSPS) is 17.2. The van der Waals surface area contributed by atoms with Crippen molar-refractivity contribution in [3.05, 3.63) is 101 Å². The lowest BCUT2D eigenvalue weighted by Gasteiger charge is -2.28. The fourth-order valence-electron chi connectivity index (χ4n) is 5.72. The molecular weight excluding hydrogens is 566 g/mol. The van der Waals surface area contributed by atoms with E-state index < -0.39 is 40.7 Å². The van der Waals surface area contributed by atoms with Gasteiger partial charge in [0.1, 0.15) is 17.4 Å². The summed E-state index contributed by atoms with van der Waals surface area (Å²) >= 11 is 0. The molecule has 0 bridgehead atoms. The van der Waals surface area contributed by atoms with E-state index in [4.69, 9.17) is 0 Å². The van der Waals surface area contributed by atoms with Crippen molar-refractivity contribution in [3.8, 4) is 28.3 Å². The van der Waals surface area contributed by atoms with Gasteiger partial charge in [0.25, 0.3) is 0 Å². The number of halogens is 6. The average Bonchev–Trinajstić information content (AvgIpc) is 2.99. The van der Waals surface area contributed by atoms with E-state index in [1.54, 1.807) is 18.5 Å². The highest BCUT2D eigenvalue weighted by Gasteiger charge is 2.38. The Labute approximate surface area is 247 Å². The lowest BCUT2D eigenvalue weighted by Crippen LogP contribution is -2.23. The first-order valence-electron chi connectivity index (χ1n) is 14.6. The van der Waals surface area contributed by atoms with Gasteiger partial charge < -0.3 is 4.74 Å². The summed E-state index contributed by atoms with van der Waals surface area (Å²) in [6.07, 6.45) is 9.17. The largest absolute Gasteiger partial charge is 0.429 e. The van der Waals surface area contributed by atoms with Gasteiger partial charge in [-0.05, 0) is 79.0 Å². The van der Waals surface area contributed by atoms with Crippen molar-refractivity contribution in [2.24, 2.45) is 5.92 Å². The van der Waals surface area contributed by atoms with Crippen molar-refractivity contribution < 1.29 is 31.1 Å².